The molecule has 0 atom stereocenters. The number of allylic oxidation sites excluding steroid dienone is 2. The quantitative estimate of drug-likeness (QED) is 0.670. The third-order valence-electron chi connectivity index (χ3n) is 2.15. The minimum atomic E-state index is -6.33. The van der Waals surface area contributed by atoms with Gasteiger partial charge in [-0.3, -0.25) is 0 Å². The standard InChI is InChI=1S/C7H3ClF8O/c1-17-3-2(8)4(9,10)6(13,14)7(15,16)5(3,11)12/h1H3. The molecule has 17 heavy (non-hydrogen) atoms. The molecule has 0 aromatic heterocycles. The average Bonchev–Trinajstić information content (AvgIpc) is 2.15. The summed E-state index contributed by atoms with van der Waals surface area (Å²) in [6, 6.07) is 0. The van der Waals surface area contributed by atoms with Crippen LogP contribution in [0.1, 0.15) is 0 Å². The average molecular weight is 291 g/mol. The molecule has 1 aliphatic rings. The first-order valence-corrected chi connectivity index (χ1v) is 4.19. The van der Waals surface area contributed by atoms with E-state index in [4.69, 9.17) is 0 Å². The molecule has 0 N–H and O–H groups in total. The van der Waals surface area contributed by atoms with Crippen LogP contribution in [0.5, 0.6) is 0 Å². The fourth-order valence-corrected chi connectivity index (χ4v) is 1.49. The summed E-state index contributed by atoms with van der Waals surface area (Å²) in [6.07, 6.45) is 0. The normalized spacial score (nSPS) is 29.1. The van der Waals surface area contributed by atoms with E-state index >= 15 is 0 Å². The Bertz CT molecular complexity index is 374. The second kappa shape index (κ2) is 3.39. The lowest BCUT2D eigenvalue weighted by atomic mass is 9.90. The van der Waals surface area contributed by atoms with E-state index in [-0.39, 0.29) is 0 Å². The van der Waals surface area contributed by atoms with Crippen molar-refractivity contribution in [1.82, 2.24) is 0 Å². The van der Waals surface area contributed by atoms with Crippen LogP contribution in [-0.4, -0.2) is 30.8 Å². The van der Waals surface area contributed by atoms with Crippen LogP contribution in [0.2, 0.25) is 0 Å². The zero-order chi connectivity index (χ0) is 13.9. The van der Waals surface area contributed by atoms with E-state index in [1.54, 1.807) is 0 Å². The fourth-order valence-electron chi connectivity index (χ4n) is 1.17. The van der Waals surface area contributed by atoms with Gasteiger partial charge >= 0.3 is 23.7 Å². The van der Waals surface area contributed by atoms with E-state index in [0.29, 0.717) is 7.11 Å². The lowest BCUT2D eigenvalue weighted by molar-refractivity contribution is -0.364. The SMILES string of the molecule is COC1=C(Cl)C(F)(F)C(F)(F)C(F)(F)C1(F)F. The van der Waals surface area contributed by atoms with Gasteiger partial charge in [-0.2, -0.15) is 35.1 Å². The minimum absolute atomic E-state index is 0.335. The van der Waals surface area contributed by atoms with Gasteiger partial charge in [0.2, 0.25) is 0 Å². The van der Waals surface area contributed by atoms with Gasteiger partial charge in [0.1, 0.15) is 5.03 Å². The van der Waals surface area contributed by atoms with Crippen molar-refractivity contribution in [2.24, 2.45) is 0 Å². The highest BCUT2D eigenvalue weighted by Gasteiger charge is 2.86. The molecular formula is C7H3ClF8O. The molecular weight excluding hydrogens is 288 g/mol. The van der Waals surface area contributed by atoms with Crippen molar-refractivity contribution in [2.45, 2.75) is 23.7 Å². The Balaban J connectivity index is 3.67. The number of alkyl halides is 8. The van der Waals surface area contributed by atoms with E-state index in [2.05, 4.69) is 16.3 Å². The lowest BCUT2D eigenvalue weighted by Crippen LogP contribution is -2.66. The molecule has 0 radical (unpaired) electrons. The van der Waals surface area contributed by atoms with Crippen LogP contribution in [0.25, 0.3) is 0 Å². The van der Waals surface area contributed by atoms with Gasteiger partial charge in [0.05, 0.1) is 7.11 Å². The topological polar surface area (TPSA) is 9.23 Å². The predicted molar refractivity (Wildman–Crippen MR) is 39.7 cm³/mol. The van der Waals surface area contributed by atoms with Crippen LogP contribution in [0.3, 0.4) is 0 Å². The number of methoxy groups -OCH3 is 1. The van der Waals surface area contributed by atoms with Crippen LogP contribution in [-0.2, 0) is 4.74 Å². The fraction of sp³-hybridized carbons (Fsp3) is 0.714. The molecule has 0 saturated carbocycles. The van der Waals surface area contributed by atoms with Crippen molar-refractivity contribution in [3.8, 4) is 0 Å². The van der Waals surface area contributed by atoms with E-state index in [0.717, 1.165) is 0 Å². The number of hydrogen-bond acceptors (Lipinski definition) is 1. The maximum atomic E-state index is 12.9. The van der Waals surface area contributed by atoms with Crippen molar-refractivity contribution >= 4 is 11.6 Å². The second-order valence-electron chi connectivity index (χ2n) is 3.14. The van der Waals surface area contributed by atoms with Gasteiger partial charge in [0.15, 0.2) is 5.76 Å². The zero-order valence-corrected chi connectivity index (χ0v) is 8.57. The number of halogens is 9. The molecule has 0 unspecified atom stereocenters. The summed E-state index contributed by atoms with van der Waals surface area (Å²) >= 11 is 4.58. The Kier molecular flexibility index (Phi) is 2.86. The number of hydrogen-bond donors (Lipinski definition) is 0. The predicted octanol–water partition coefficient (Wildman–Crippen LogP) is 3.64. The zero-order valence-electron chi connectivity index (χ0n) is 7.81. The first-order valence-electron chi connectivity index (χ1n) is 3.81. The molecule has 0 aromatic carbocycles. The first-order chi connectivity index (χ1) is 7.35. The molecule has 0 aromatic rings. The molecule has 0 spiro atoms. The van der Waals surface area contributed by atoms with Crippen molar-refractivity contribution in [3.05, 3.63) is 10.8 Å². The maximum absolute atomic E-state index is 12.9. The molecule has 1 nitrogen and oxygen atoms in total. The molecule has 0 amide bonds. The second-order valence-corrected chi connectivity index (χ2v) is 3.52. The van der Waals surface area contributed by atoms with Gasteiger partial charge in [-0.15, -0.1) is 0 Å². The summed E-state index contributed by atoms with van der Waals surface area (Å²) in [6.45, 7) is 0. The Labute approximate surface area is 94.0 Å². The van der Waals surface area contributed by atoms with Crippen LogP contribution in [0.15, 0.2) is 10.8 Å². The molecule has 0 bridgehead atoms. The maximum Gasteiger partial charge on any atom is 0.386 e. The van der Waals surface area contributed by atoms with Gasteiger partial charge in [-0.05, 0) is 0 Å². The molecule has 0 fully saturated rings. The van der Waals surface area contributed by atoms with Gasteiger partial charge in [0, 0.05) is 0 Å². The summed E-state index contributed by atoms with van der Waals surface area (Å²) < 4.78 is 106. The highest BCUT2D eigenvalue weighted by Crippen LogP contribution is 2.62. The van der Waals surface area contributed by atoms with Crippen LogP contribution < -0.4 is 0 Å². The number of ether oxygens (including phenoxy) is 1. The summed E-state index contributed by atoms with van der Waals surface area (Å²) in [5.41, 5.74) is 0. The Morgan fingerprint density at radius 1 is 0.824 bits per heavy atom. The Morgan fingerprint density at radius 3 is 1.53 bits per heavy atom. The Hall–Kier alpha value is -0.730. The summed E-state index contributed by atoms with van der Waals surface area (Å²) in [4.78, 5) is 0. The van der Waals surface area contributed by atoms with E-state index < -0.39 is 34.5 Å². The smallest absolute Gasteiger partial charge is 0.386 e. The molecule has 1 aliphatic carbocycles. The summed E-state index contributed by atoms with van der Waals surface area (Å²) in [5, 5.41) is -2.44. The summed E-state index contributed by atoms with van der Waals surface area (Å²) in [5.74, 6) is -26.3. The van der Waals surface area contributed by atoms with Crippen molar-refractivity contribution < 1.29 is 39.9 Å². The highest BCUT2D eigenvalue weighted by atomic mass is 35.5. The first kappa shape index (κ1) is 14.3. The van der Waals surface area contributed by atoms with Gasteiger partial charge in [0.25, 0.3) is 0 Å². The third-order valence-corrected chi connectivity index (χ3v) is 2.56. The van der Waals surface area contributed by atoms with Gasteiger partial charge in [-0.1, -0.05) is 11.6 Å². The van der Waals surface area contributed by atoms with Crippen LogP contribution in [0.4, 0.5) is 35.1 Å². The van der Waals surface area contributed by atoms with E-state index in [9.17, 15) is 35.1 Å². The molecule has 1 rings (SSSR count). The highest BCUT2D eigenvalue weighted by molar-refractivity contribution is 6.31. The monoisotopic (exact) mass is 290 g/mol. The van der Waals surface area contributed by atoms with Crippen LogP contribution >= 0.6 is 11.6 Å². The van der Waals surface area contributed by atoms with Gasteiger partial charge < -0.3 is 4.74 Å². The van der Waals surface area contributed by atoms with Crippen LogP contribution in [0, 0.1) is 0 Å². The molecule has 0 heterocycles. The van der Waals surface area contributed by atoms with Crippen molar-refractivity contribution in [1.29, 1.82) is 0 Å². The van der Waals surface area contributed by atoms with Crippen molar-refractivity contribution in [2.75, 3.05) is 7.11 Å². The van der Waals surface area contributed by atoms with E-state index in [1.165, 1.54) is 0 Å². The molecule has 0 aliphatic heterocycles. The third kappa shape index (κ3) is 1.37. The lowest BCUT2D eigenvalue weighted by Gasteiger charge is -2.41. The molecule has 0 saturated heterocycles. The molecule has 10 heteroatoms. The largest absolute Gasteiger partial charge is 0.493 e. The van der Waals surface area contributed by atoms with E-state index in [1.807, 2.05) is 0 Å². The summed E-state index contributed by atoms with van der Waals surface area (Å²) in [7, 11) is 0.335. The number of rotatable bonds is 1. The minimum Gasteiger partial charge on any atom is -0.493 e. The Morgan fingerprint density at radius 2 is 1.18 bits per heavy atom. The molecule has 100 valence electrons. The van der Waals surface area contributed by atoms with Gasteiger partial charge in [-0.25, -0.2) is 0 Å². The van der Waals surface area contributed by atoms with Crippen molar-refractivity contribution in [3.63, 3.8) is 0 Å².